The number of hydrogen-bond donors (Lipinski definition) is 1. The molecule has 9 heteroatoms. The van der Waals surface area contributed by atoms with Gasteiger partial charge in [0.1, 0.15) is 6.54 Å². The number of esters is 1. The molecule has 0 radical (unpaired) electrons. The van der Waals surface area contributed by atoms with Gasteiger partial charge in [-0.2, -0.15) is 0 Å². The number of anilines is 1. The van der Waals surface area contributed by atoms with E-state index in [2.05, 4.69) is 36.4 Å². The van der Waals surface area contributed by atoms with Gasteiger partial charge in [-0.15, -0.1) is 16.4 Å². The minimum absolute atomic E-state index is 0.210. The molecule has 180 valence electrons. The van der Waals surface area contributed by atoms with E-state index < -0.39 is 11.9 Å². The van der Waals surface area contributed by atoms with Crippen LogP contribution in [0.2, 0.25) is 0 Å². The molecule has 2 aromatic heterocycles. The lowest BCUT2D eigenvalue weighted by Gasteiger charge is -2.33. The summed E-state index contributed by atoms with van der Waals surface area (Å²) >= 11 is 1.54. The summed E-state index contributed by atoms with van der Waals surface area (Å²) in [5.74, 6) is -0.308. The fraction of sp³-hybridized carbons (Fsp3) is 0.480. The highest BCUT2D eigenvalue weighted by atomic mass is 32.1. The third-order valence-corrected chi connectivity index (χ3v) is 7.41. The van der Waals surface area contributed by atoms with Gasteiger partial charge >= 0.3 is 5.97 Å². The molecule has 0 saturated heterocycles. The van der Waals surface area contributed by atoms with Crippen molar-refractivity contribution < 1.29 is 14.3 Å². The lowest BCUT2D eigenvalue weighted by atomic mass is 9.72. The molecular formula is C25H30N4O4S. The molecule has 2 heterocycles. The largest absolute Gasteiger partial charge is 0.462 e. The number of thiophene rings is 1. The highest BCUT2D eigenvalue weighted by Gasteiger charge is 2.32. The Morgan fingerprint density at radius 3 is 2.82 bits per heavy atom. The number of fused-ring (bicyclic) bond motifs is 3. The minimum atomic E-state index is -0.443. The van der Waals surface area contributed by atoms with E-state index in [0.717, 1.165) is 35.9 Å². The Morgan fingerprint density at radius 1 is 1.29 bits per heavy atom. The lowest BCUT2D eigenvalue weighted by molar-refractivity contribution is -0.117. The summed E-state index contributed by atoms with van der Waals surface area (Å²) in [5.41, 5.74) is 1.78. The second kappa shape index (κ2) is 9.66. The smallest absolute Gasteiger partial charge is 0.338 e. The molecule has 1 N–H and O–H groups in total. The zero-order valence-corrected chi connectivity index (χ0v) is 20.8. The van der Waals surface area contributed by atoms with Gasteiger partial charge in [-0.1, -0.05) is 39.0 Å². The van der Waals surface area contributed by atoms with Crippen molar-refractivity contribution in [2.75, 3.05) is 11.9 Å². The van der Waals surface area contributed by atoms with Crippen LogP contribution in [0.4, 0.5) is 5.69 Å². The summed E-state index contributed by atoms with van der Waals surface area (Å²) in [6.07, 6.45) is 3.54. The maximum Gasteiger partial charge on any atom is 0.338 e. The molecule has 8 nitrogen and oxygen atoms in total. The Balaban J connectivity index is 1.51. The molecule has 1 aromatic carbocycles. The molecule has 34 heavy (non-hydrogen) atoms. The first-order valence-electron chi connectivity index (χ1n) is 11.6. The SMILES string of the molecule is CCCOC(=O)c1cccc(NC(=O)Cn2nnc3sc4c(c3c2=O)CC[C@H](C(C)(C)C)C4)c1. The van der Waals surface area contributed by atoms with Gasteiger partial charge in [-0.05, 0) is 60.8 Å². The van der Waals surface area contributed by atoms with Crippen molar-refractivity contribution in [1.82, 2.24) is 15.0 Å². The normalized spacial score (nSPS) is 15.7. The van der Waals surface area contributed by atoms with Crippen LogP contribution in [0.1, 0.15) is 61.3 Å². The Bertz CT molecular complexity index is 1290. The Morgan fingerprint density at radius 2 is 2.09 bits per heavy atom. The highest BCUT2D eigenvalue weighted by molar-refractivity contribution is 7.18. The summed E-state index contributed by atoms with van der Waals surface area (Å²) < 4.78 is 6.25. The van der Waals surface area contributed by atoms with Crippen LogP contribution in [-0.4, -0.2) is 33.5 Å². The molecule has 1 aliphatic carbocycles. The molecule has 1 atom stereocenters. The molecule has 0 fully saturated rings. The van der Waals surface area contributed by atoms with Crippen molar-refractivity contribution in [2.24, 2.45) is 11.3 Å². The maximum absolute atomic E-state index is 13.2. The highest BCUT2D eigenvalue weighted by Crippen LogP contribution is 2.41. The van der Waals surface area contributed by atoms with E-state index >= 15 is 0 Å². The van der Waals surface area contributed by atoms with Gasteiger partial charge in [0, 0.05) is 10.6 Å². The van der Waals surface area contributed by atoms with Gasteiger partial charge in [-0.25, -0.2) is 9.48 Å². The molecule has 1 aliphatic rings. The molecule has 4 rings (SSSR count). The topological polar surface area (TPSA) is 103 Å². The minimum Gasteiger partial charge on any atom is -0.462 e. The van der Waals surface area contributed by atoms with Crippen LogP contribution in [0, 0.1) is 11.3 Å². The molecule has 3 aromatic rings. The number of amides is 1. The van der Waals surface area contributed by atoms with E-state index in [1.807, 2.05) is 6.92 Å². The van der Waals surface area contributed by atoms with Crippen LogP contribution in [-0.2, 0) is 28.9 Å². The van der Waals surface area contributed by atoms with Crippen molar-refractivity contribution in [2.45, 2.75) is 59.9 Å². The van der Waals surface area contributed by atoms with Crippen LogP contribution < -0.4 is 10.9 Å². The summed E-state index contributed by atoms with van der Waals surface area (Å²) in [4.78, 5) is 39.8. The molecule has 0 saturated carbocycles. The van der Waals surface area contributed by atoms with Gasteiger partial charge in [0.2, 0.25) is 5.91 Å². The molecule has 0 unspecified atom stereocenters. The molecule has 1 amide bonds. The second-order valence-electron chi connectivity index (χ2n) is 9.81. The lowest BCUT2D eigenvalue weighted by Crippen LogP contribution is -2.31. The first kappa shape index (κ1) is 24.1. The number of aromatic nitrogens is 3. The molecule has 0 aliphatic heterocycles. The van der Waals surface area contributed by atoms with E-state index in [0.29, 0.717) is 34.0 Å². The number of carbonyl (C=O) groups excluding carboxylic acids is 2. The molecule has 0 spiro atoms. The Kier molecular flexibility index (Phi) is 6.84. The number of nitrogens with one attached hydrogen (secondary N) is 1. The third kappa shape index (κ3) is 5.04. The van der Waals surface area contributed by atoms with Crippen molar-refractivity contribution in [3.8, 4) is 0 Å². The summed E-state index contributed by atoms with van der Waals surface area (Å²) in [6, 6.07) is 6.52. The van der Waals surface area contributed by atoms with Crippen molar-refractivity contribution in [1.29, 1.82) is 0 Å². The Hall–Kier alpha value is -3.07. The zero-order valence-electron chi connectivity index (χ0n) is 20.0. The van der Waals surface area contributed by atoms with Crippen LogP contribution in [0.3, 0.4) is 0 Å². The number of aryl methyl sites for hydroxylation is 1. The Labute approximate surface area is 202 Å². The summed E-state index contributed by atoms with van der Waals surface area (Å²) in [5, 5.41) is 11.6. The number of hydrogen-bond acceptors (Lipinski definition) is 7. The monoisotopic (exact) mass is 482 g/mol. The van der Waals surface area contributed by atoms with Crippen molar-refractivity contribution in [3.63, 3.8) is 0 Å². The zero-order chi connectivity index (χ0) is 24.5. The second-order valence-corrected chi connectivity index (χ2v) is 10.9. The maximum atomic E-state index is 13.2. The average Bonchev–Trinajstić information content (AvgIpc) is 3.17. The summed E-state index contributed by atoms with van der Waals surface area (Å²) in [6.45, 7) is 8.76. The first-order valence-corrected chi connectivity index (χ1v) is 12.4. The van der Waals surface area contributed by atoms with Crippen molar-refractivity contribution >= 4 is 39.1 Å². The molecular weight excluding hydrogens is 452 g/mol. The number of nitrogens with zero attached hydrogens (tertiary/aromatic N) is 3. The van der Waals surface area contributed by atoms with Gasteiger partial charge in [0.15, 0.2) is 4.83 Å². The third-order valence-electron chi connectivity index (χ3n) is 6.28. The fourth-order valence-corrected chi connectivity index (χ4v) is 5.54. The van der Waals surface area contributed by atoms with Crippen LogP contribution >= 0.6 is 11.3 Å². The van der Waals surface area contributed by atoms with E-state index in [9.17, 15) is 14.4 Å². The van der Waals surface area contributed by atoms with Crippen LogP contribution in [0.5, 0.6) is 0 Å². The van der Waals surface area contributed by atoms with Crippen LogP contribution in [0.25, 0.3) is 10.2 Å². The summed E-state index contributed by atoms with van der Waals surface area (Å²) in [7, 11) is 0. The van der Waals surface area contributed by atoms with Crippen LogP contribution in [0.15, 0.2) is 29.1 Å². The van der Waals surface area contributed by atoms with Gasteiger partial charge in [0.05, 0.1) is 17.6 Å². The van der Waals surface area contributed by atoms with E-state index in [1.54, 1.807) is 35.6 Å². The standard InChI is InChI=1S/C25H30N4O4S/c1-5-11-33-24(32)15-7-6-8-17(12-15)26-20(30)14-29-23(31)21-18-10-9-16(25(2,3)4)13-19(18)34-22(21)27-28-29/h6-8,12,16H,5,9-11,13-14H2,1-4H3,(H,26,30)/t16-/m0/s1. The van der Waals surface area contributed by atoms with Gasteiger partial charge in [-0.3, -0.25) is 9.59 Å². The number of benzene rings is 1. The van der Waals surface area contributed by atoms with E-state index in [1.165, 1.54) is 4.88 Å². The van der Waals surface area contributed by atoms with Gasteiger partial charge < -0.3 is 10.1 Å². The quantitative estimate of drug-likeness (QED) is 0.528. The average molecular weight is 483 g/mol. The number of ether oxygens (including phenoxy) is 1. The van der Waals surface area contributed by atoms with E-state index in [4.69, 9.17) is 4.74 Å². The molecule has 0 bridgehead atoms. The van der Waals surface area contributed by atoms with Gasteiger partial charge in [0.25, 0.3) is 5.56 Å². The van der Waals surface area contributed by atoms with Crippen molar-refractivity contribution in [3.05, 3.63) is 50.6 Å². The van der Waals surface area contributed by atoms with E-state index in [-0.39, 0.29) is 17.5 Å². The number of rotatable bonds is 6. The first-order chi connectivity index (χ1) is 16.2. The number of carbonyl (C=O) groups is 2. The predicted molar refractivity (Wildman–Crippen MR) is 132 cm³/mol. The fourth-order valence-electron chi connectivity index (χ4n) is 4.31. The predicted octanol–water partition coefficient (Wildman–Crippen LogP) is 4.21.